The maximum Gasteiger partial charge on any atom is 0.251 e. The quantitative estimate of drug-likeness (QED) is 0.781. The second-order valence-corrected chi connectivity index (χ2v) is 5.65. The van der Waals surface area contributed by atoms with Crippen LogP contribution in [0.2, 0.25) is 0 Å². The molecule has 0 aliphatic rings. The summed E-state index contributed by atoms with van der Waals surface area (Å²) in [5.41, 5.74) is 9.27. The molecule has 0 bridgehead atoms. The van der Waals surface area contributed by atoms with Gasteiger partial charge in [-0.2, -0.15) is 0 Å². The third-order valence-corrected chi connectivity index (χ3v) is 4.13. The largest absolute Gasteiger partial charge is 0.348 e. The van der Waals surface area contributed by atoms with Gasteiger partial charge in [-0.15, -0.1) is 0 Å². The predicted molar refractivity (Wildman–Crippen MR) is 96.4 cm³/mol. The molecular weight excluding hydrogens is 300 g/mol. The van der Waals surface area contributed by atoms with Crippen LogP contribution < -0.4 is 11.1 Å². The molecule has 0 atom stereocenters. The molecule has 1 aromatic carbocycles. The summed E-state index contributed by atoms with van der Waals surface area (Å²) < 4.78 is 0. The maximum absolute atomic E-state index is 12.3. The Bertz CT molecular complexity index is 668. The Morgan fingerprint density at radius 2 is 1.88 bits per heavy atom. The van der Waals surface area contributed by atoms with Crippen LogP contribution in [0.25, 0.3) is 0 Å². The van der Waals surface area contributed by atoms with Crippen molar-refractivity contribution in [1.82, 2.24) is 15.2 Å². The van der Waals surface area contributed by atoms with Crippen molar-refractivity contribution >= 4 is 5.91 Å². The summed E-state index contributed by atoms with van der Waals surface area (Å²) in [4.78, 5) is 18.8. The van der Waals surface area contributed by atoms with Gasteiger partial charge in [0, 0.05) is 31.4 Å². The van der Waals surface area contributed by atoms with E-state index < -0.39 is 0 Å². The van der Waals surface area contributed by atoms with Crippen molar-refractivity contribution in [2.24, 2.45) is 5.73 Å². The summed E-state index contributed by atoms with van der Waals surface area (Å²) in [5.74, 6) is -0.107. The SMILES string of the molecule is CCN(CC)Cc1ccccc1CNC(=O)c1ccnc(CN)c1. The lowest BCUT2D eigenvalue weighted by Gasteiger charge is -2.20. The molecule has 2 rings (SSSR count). The number of nitrogens with one attached hydrogen (secondary N) is 1. The van der Waals surface area contributed by atoms with E-state index in [0.717, 1.165) is 25.2 Å². The minimum Gasteiger partial charge on any atom is -0.348 e. The third-order valence-electron chi connectivity index (χ3n) is 4.13. The molecule has 0 fully saturated rings. The van der Waals surface area contributed by atoms with Crippen LogP contribution in [0.1, 0.15) is 41.0 Å². The Balaban J connectivity index is 2.04. The smallest absolute Gasteiger partial charge is 0.251 e. The lowest BCUT2D eigenvalue weighted by Crippen LogP contribution is -2.26. The van der Waals surface area contributed by atoms with E-state index in [1.807, 2.05) is 12.1 Å². The van der Waals surface area contributed by atoms with Crippen molar-refractivity contribution in [2.45, 2.75) is 33.5 Å². The average Bonchev–Trinajstić information content (AvgIpc) is 2.64. The number of hydrogen-bond donors (Lipinski definition) is 2. The van der Waals surface area contributed by atoms with E-state index in [2.05, 4.69) is 41.2 Å². The van der Waals surface area contributed by atoms with Gasteiger partial charge < -0.3 is 11.1 Å². The molecule has 0 aliphatic carbocycles. The average molecular weight is 326 g/mol. The second-order valence-electron chi connectivity index (χ2n) is 5.65. The minimum absolute atomic E-state index is 0.107. The number of pyridine rings is 1. The number of hydrogen-bond acceptors (Lipinski definition) is 4. The van der Waals surface area contributed by atoms with Crippen molar-refractivity contribution in [3.63, 3.8) is 0 Å². The molecule has 2 aromatic rings. The highest BCUT2D eigenvalue weighted by molar-refractivity contribution is 5.94. The third kappa shape index (κ3) is 4.88. The fourth-order valence-corrected chi connectivity index (χ4v) is 2.58. The Morgan fingerprint density at radius 1 is 1.17 bits per heavy atom. The van der Waals surface area contributed by atoms with Gasteiger partial charge in [0.1, 0.15) is 0 Å². The topological polar surface area (TPSA) is 71.2 Å². The zero-order chi connectivity index (χ0) is 17.4. The number of carbonyl (C=O) groups excluding carboxylic acids is 1. The summed E-state index contributed by atoms with van der Waals surface area (Å²) in [6.45, 7) is 8.07. The fourth-order valence-electron chi connectivity index (χ4n) is 2.58. The maximum atomic E-state index is 12.3. The normalized spacial score (nSPS) is 10.8. The summed E-state index contributed by atoms with van der Waals surface area (Å²) in [7, 11) is 0. The predicted octanol–water partition coefficient (Wildman–Crippen LogP) is 2.31. The van der Waals surface area contributed by atoms with E-state index in [-0.39, 0.29) is 5.91 Å². The number of amides is 1. The first-order chi connectivity index (χ1) is 11.7. The van der Waals surface area contributed by atoms with E-state index in [0.29, 0.717) is 24.3 Å². The van der Waals surface area contributed by atoms with Crippen molar-refractivity contribution in [3.05, 3.63) is 65.0 Å². The molecule has 0 saturated carbocycles. The van der Waals surface area contributed by atoms with Gasteiger partial charge in [-0.05, 0) is 36.3 Å². The molecule has 5 nitrogen and oxygen atoms in total. The van der Waals surface area contributed by atoms with Crippen molar-refractivity contribution in [1.29, 1.82) is 0 Å². The number of nitrogens with two attached hydrogens (primary N) is 1. The fraction of sp³-hybridized carbons (Fsp3) is 0.368. The number of aromatic nitrogens is 1. The monoisotopic (exact) mass is 326 g/mol. The molecule has 0 saturated heterocycles. The first-order valence-corrected chi connectivity index (χ1v) is 8.40. The van der Waals surface area contributed by atoms with Gasteiger partial charge in [0.25, 0.3) is 5.91 Å². The van der Waals surface area contributed by atoms with E-state index >= 15 is 0 Å². The zero-order valence-corrected chi connectivity index (χ0v) is 14.5. The number of rotatable bonds is 8. The van der Waals surface area contributed by atoms with Crippen molar-refractivity contribution in [2.75, 3.05) is 13.1 Å². The first-order valence-electron chi connectivity index (χ1n) is 8.40. The second kappa shape index (κ2) is 9.15. The van der Waals surface area contributed by atoms with Crippen LogP contribution in [0.4, 0.5) is 0 Å². The molecular formula is C19H26N4O. The Hall–Kier alpha value is -2.24. The van der Waals surface area contributed by atoms with Crippen LogP contribution in [0.5, 0.6) is 0 Å². The summed E-state index contributed by atoms with van der Waals surface area (Å²) in [6, 6.07) is 11.7. The van der Waals surface area contributed by atoms with Crippen LogP contribution in [0.3, 0.4) is 0 Å². The molecule has 0 aliphatic heterocycles. The Kier molecular flexibility index (Phi) is 6.90. The highest BCUT2D eigenvalue weighted by atomic mass is 16.1. The Morgan fingerprint density at radius 3 is 2.54 bits per heavy atom. The molecule has 1 amide bonds. The van der Waals surface area contributed by atoms with Gasteiger partial charge in [-0.1, -0.05) is 38.1 Å². The van der Waals surface area contributed by atoms with Gasteiger partial charge in [0.05, 0.1) is 5.69 Å². The molecule has 0 radical (unpaired) electrons. The lowest BCUT2D eigenvalue weighted by atomic mass is 10.1. The summed E-state index contributed by atoms with van der Waals surface area (Å²) in [5, 5.41) is 2.99. The van der Waals surface area contributed by atoms with Crippen LogP contribution in [0, 0.1) is 0 Å². The minimum atomic E-state index is -0.107. The van der Waals surface area contributed by atoms with Crippen LogP contribution in [-0.4, -0.2) is 28.9 Å². The van der Waals surface area contributed by atoms with Gasteiger partial charge >= 0.3 is 0 Å². The molecule has 0 spiro atoms. The van der Waals surface area contributed by atoms with E-state index in [9.17, 15) is 4.79 Å². The van der Waals surface area contributed by atoms with Gasteiger partial charge in [0.15, 0.2) is 0 Å². The molecule has 1 aromatic heterocycles. The first kappa shape index (κ1) is 18.1. The van der Waals surface area contributed by atoms with Crippen LogP contribution >= 0.6 is 0 Å². The molecule has 128 valence electrons. The standard InChI is InChI=1S/C19H26N4O/c1-3-23(4-2)14-17-8-6-5-7-16(17)13-22-19(24)15-9-10-21-18(11-15)12-20/h5-11H,3-4,12-14,20H2,1-2H3,(H,22,24). The van der Waals surface area contributed by atoms with Crippen LogP contribution in [-0.2, 0) is 19.6 Å². The lowest BCUT2D eigenvalue weighted by molar-refractivity contribution is 0.0950. The molecule has 24 heavy (non-hydrogen) atoms. The van der Waals surface area contributed by atoms with Crippen LogP contribution in [0.15, 0.2) is 42.6 Å². The highest BCUT2D eigenvalue weighted by Gasteiger charge is 2.09. The Labute approximate surface area is 143 Å². The number of nitrogens with zero attached hydrogens (tertiary/aromatic N) is 2. The molecule has 1 heterocycles. The van der Waals surface area contributed by atoms with E-state index in [1.54, 1.807) is 18.3 Å². The highest BCUT2D eigenvalue weighted by Crippen LogP contribution is 2.12. The summed E-state index contributed by atoms with van der Waals surface area (Å²) >= 11 is 0. The van der Waals surface area contributed by atoms with Gasteiger partial charge in [0.2, 0.25) is 0 Å². The van der Waals surface area contributed by atoms with Crippen molar-refractivity contribution < 1.29 is 4.79 Å². The number of benzene rings is 1. The van der Waals surface area contributed by atoms with E-state index in [1.165, 1.54) is 5.56 Å². The summed E-state index contributed by atoms with van der Waals surface area (Å²) in [6.07, 6.45) is 1.62. The number of carbonyl (C=O) groups is 1. The molecule has 0 unspecified atom stereocenters. The van der Waals surface area contributed by atoms with Gasteiger partial charge in [-0.25, -0.2) is 0 Å². The zero-order valence-electron chi connectivity index (χ0n) is 14.5. The van der Waals surface area contributed by atoms with Crippen molar-refractivity contribution in [3.8, 4) is 0 Å². The molecule has 5 heteroatoms. The van der Waals surface area contributed by atoms with E-state index in [4.69, 9.17) is 5.73 Å². The molecule has 3 N–H and O–H groups in total. The van der Waals surface area contributed by atoms with Gasteiger partial charge in [-0.3, -0.25) is 14.7 Å².